The summed E-state index contributed by atoms with van der Waals surface area (Å²) in [6.45, 7) is 9.74. The highest BCUT2D eigenvalue weighted by molar-refractivity contribution is 5.86. The average molecular weight is 704 g/mol. The van der Waals surface area contributed by atoms with Crippen molar-refractivity contribution in [3.8, 4) is 0 Å². The van der Waals surface area contributed by atoms with Gasteiger partial charge < -0.3 is 15.3 Å². The summed E-state index contributed by atoms with van der Waals surface area (Å²) in [7, 11) is 0. The number of aromatic amines is 2. The Morgan fingerprint density at radius 1 is 0.588 bits per heavy atom. The van der Waals surface area contributed by atoms with Crippen LogP contribution in [0.5, 0.6) is 0 Å². The number of nitrogens with zero attached hydrogens (tertiary/aromatic N) is 6. The molecule has 4 fully saturated rings. The van der Waals surface area contributed by atoms with Gasteiger partial charge in [-0.25, -0.2) is 19.6 Å². The van der Waals surface area contributed by atoms with E-state index in [-0.39, 0.29) is 58.1 Å². The fraction of sp³-hybridized carbons (Fsp3) is 0.667. The number of hydrogen-bond acceptors (Lipinski definition) is 8. The maximum Gasteiger partial charge on any atom is 0.332 e. The van der Waals surface area contributed by atoms with Gasteiger partial charge in [0.25, 0.3) is 11.1 Å². The van der Waals surface area contributed by atoms with E-state index in [1.165, 1.54) is 9.13 Å². The minimum atomic E-state index is -0.301. The second-order valence-electron chi connectivity index (χ2n) is 14.8. The first-order chi connectivity index (χ1) is 24.6. The number of nitrogens with one attached hydrogen (secondary N) is 3. The largest absolute Gasteiger partial charge is 0.353 e. The minimum absolute atomic E-state index is 0.0229. The second-order valence-corrected chi connectivity index (χ2v) is 14.8. The Hall–Kier alpha value is -4.56. The van der Waals surface area contributed by atoms with Crippen molar-refractivity contribution in [2.45, 2.75) is 136 Å². The second kappa shape index (κ2) is 13.9. The molecule has 15 nitrogen and oxygen atoms in total. The predicted molar refractivity (Wildman–Crippen MR) is 191 cm³/mol. The van der Waals surface area contributed by atoms with E-state index in [1.807, 2.05) is 27.7 Å². The lowest BCUT2D eigenvalue weighted by molar-refractivity contribution is -0.124. The molecule has 3 aliphatic carbocycles. The van der Waals surface area contributed by atoms with Crippen LogP contribution in [0, 0.1) is 17.8 Å². The quantitative estimate of drug-likeness (QED) is 0.225. The molecule has 1 aliphatic heterocycles. The lowest BCUT2D eigenvalue weighted by atomic mass is 9.87. The Kier molecular flexibility index (Phi) is 9.48. The molecule has 4 bridgehead atoms. The van der Waals surface area contributed by atoms with Crippen LogP contribution in [-0.2, 0) is 35.8 Å². The molecule has 0 spiro atoms. The highest BCUT2D eigenvalue weighted by Crippen LogP contribution is 2.52. The Labute approximate surface area is 293 Å². The van der Waals surface area contributed by atoms with E-state index in [1.54, 1.807) is 9.13 Å². The third-order valence-electron chi connectivity index (χ3n) is 11.4. The Balaban J connectivity index is 0.000000159. The van der Waals surface area contributed by atoms with Gasteiger partial charge in [-0.2, -0.15) is 0 Å². The number of carbonyl (C=O) groups excluding carboxylic acids is 2. The SMILES string of the molecule is CCCn1c(=O)c2[nH]c(C3C4CCC3C(=O)C4)nc2n(CCC)c1=O.CCCn1c(=O)c2[nH]c(C3C4CCC3NC(=O)C4)nc2n(CCC)c1=O. The number of aryl methyl sites for hydroxylation is 2. The van der Waals surface area contributed by atoms with Crippen molar-refractivity contribution in [2.24, 2.45) is 17.8 Å². The first kappa shape index (κ1) is 34.9. The highest BCUT2D eigenvalue weighted by atomic mass is 16.2. The Morgan fingerprint density at radius 3 is 1.51 bits per heavy atom. The molecule has 51 heavy (non-hydrogen) atoms. The van der Waals surface area contributed by atoms with Crippen LogP contribution in [0.1, 0.15) is 115 Å². The fourth-order valence-electron chi connectivity index (χ4n) is 9.26. The summed E-state index contributed by atoms with van der Waals surface area (Å²) < 4.78 is 5.81. The lowest BCUT2D eigenvalue weighted by Crippen LogP contribution is -2.43. The van der Waals surface area contributed by atoms with Gasteiger partial charge in [0.05, 0.1) is 0 Å². The fourth-order valence-corrected chi connectivity index (χ4v) is 9.26. The van der Waals surface area contributed by atoms with E-state index in [2.05, 4.69) is 25.3 Å². The van der Waals surface area contributed by atoms with Crippen LogP contribution in [0.2, 0.25) is 0 Å². The third-order valence-corrected chi connectivity index (χ3v) is 11.4. The zero-order valence-corrected chi connectivity index (χ0v) is 30.0. The molecule has 3 N–H and O–H groups in total. The number of amides is 1. The number of ketones is 1. The van der Waals surface area contributed by atoms with Crippen LogP contribution in [0.4, 0.5) is 0 Å². The number of rotatable bonds is 10. The van der Waals surface area contributed by atoms with Crippen LogP contribution in [0.15, 0.2) is 19.2 Å². The van der Waals surface area contributed by atoms with E-state index in [4.69, 9.17) is 0 Å². The molecule has 4 aliphatic rings. The number of piperidine rings is 1. The third kappa shape index (κ3) is 5.81. The van der Waals surface area contributed by atoms with E-state index in [9.17, 15) is 28.8 Å². The first-order valence-electron chi connectivity index (χ1n) is 18.9. The van der Waals surface area contributed by atoms with Crippen LogP contribution >= 0.6 is 0 Å². The number of carbonyl (C=O) groups is 2. The molecule has 3 saturated carbocycles. The summed E-state index contributed by atoms with van der Waals surface area (Å²) in [6.07, 6.45) is 7.98. The topological polar surface area (TPSA) is 192 Å². The molecule has 1 saturated heterocycles. The predicted octanol–water partition coefficient (Wildman–Crippen LogP) is 2.88. The first-order valence-corrected chi connectivity index (χ1v) is 18.9. The van der Waals surface area contributed by atoms with Crippen molar-refractivity contribution in [3.63, 3.8) is 0 Å². The van der Waals surface area contributed by atoms with Crippen molar-refractivity contribution in [3.05, 3.63) is 53.3 Å². The van der Waals surface area contributed by atoms with Crippen molar-refractivity contribution < 1.29 is 9.59 Å². The Bertz CT molecular complexity index is 2220. The molecule has 6 unspecified atom stereocenters. The van der Waals surface area contributed by atoms with Gasteiger partial charge in [0, 0.05) is 62.8 Å². The number of imidazole rings is 2. The van der Waals surface area contributed by atoms with Gasteiger partial charge in [-0.15, -0.1) is 0 Å². The molecule has 274 valence electrons. The smallest absolute Gasteiger partial charge is 0.332 e. The van der Waals surface area contributed by atoms with E-state index < -0.39 is 0 Å². The monoisotopic (exact) mass is 703 g/mol. The average Bonchev–Trinajstić information content (AvgIpc) is 3.93. The maximum absolute atomic E-state index is 12.8. The molecule has 5 heterocycles. The van der Waals surface area contributed by atoms with E-state index in [0.717, 1.165) is 50.8 Å². The molecule has 0 aromatic carbocycles. The van der Waals surface area contributed by atoms with Crippen LogP contribution in [-0.4, -0.2) is 55.9 Å². The van der Waals surface area contributed by atoms with Crippen molar-refractivity contribution >= 4 is 34.0 Å². The van der Waals surface area contributed by atoms with E-state index in [0.29, 0.717) is 85.3 Å². The van der Waals surface area contributed by atoms with Gasteiger partial charge in [-0.3, -0.25) is 37.4 Å². The van der Waals surface area contributed by atoms with Crippen molar-refractivity contribution in [1.82, 2.24) is 43.5 Å². The molecule has 0 radical (unpaired) electrons. The van der Waals surface area contributed by atoms with Gasteiger partial charge in [0.2, 0.25) is 5.91 Å². The number of aromatic nitrogens is 8. The lowest BCUT2D eigenvalue weighted by Gasteiger charge is -2.28. The summed E-state index contributed by atoms with van der Waals surface area (Å²) in [5.41, 5.74) is 0.509. The summed E-state index contributed by atoms with van der Waals surface area (Å²) in [4.78, 5) is 90.7. The minimum Gasteiger partial charge on any atom is -0.353 e. The highest BCUT2D eigenvalue weighted by Gasteiger charge is 2.49. The van der Waals surface area contributed by atoms with Gasteiger partial charge in [-0.1, -0.05) is 27.7 Å². The molecule has 4 aromatic heterocycles. The molecular weight excluding hydrogens is 654 g/mol. The molecule has 6 atom stereocenters. The van der Waals surface area contributed by atoms with Gasteiger partial charge in [0.1, 0.15) is 28.5 Å². The zero-order chi connectivity index (χ0) is 36.1. The van der Waals surface area contributed by atoms with Crippen LogP contribution in [0.25, 0.3) is 22.3 Å². The van der Waals surface area contributed by atoms with Gasteiger partial charge in [0.15, 0.2) is 11.3 Å². The number of Topliss-reactive ketones (excluding diaryl/α,β-unsaturated/α-hetero) is 1. The summed E-state index contributed by atoms with van der Waals surface area (Å²) in [5, 5.41) is 3.05. The normalized spacial score (nSPS) is 25.2. The zero-order valence-electron chi connectivity index (χ0n) is 30.0. The van der Waals surface area contributed by atoms with Crippen LogP contribution < -0.4 is 27.8 Å². The summed E-state index contributed by atoms with van der Waals surface area (Å²) in [6, 6.07) is 0.0611. The summed E-state index contributed by atoms with van der Waals surface area (Å²) in [5.74, 6) is 2.60. The Morgan fingerprint density at radius 2 is 1.06 bits per heavy atom. The molecular formula is C36H49N9O6. The van der Waals surface area contributed by atoms with Gasteiger partial charge >= 0.3 is 11.4 Å². The number of fused-ring (bicyclic) bond motifs is 6. The van der Waals surface area contributed by atoms with Gasteiger partial charge in [-0.05, 0) is 63.2 Å². The molecule has 8 rings (SSSR count). The molecule has 1 amide bonds. The van der Waals surface area contributed by atoms with Crippen LogP contribution in [0.3, 0.4) is 0 Å². The number of hydrogen-bond donors (Lipinski definition) is 3. The summed E-state index contributed by atoms with van der Waals surface area (Å²) >= 11 is 0. The molecule has 15 heteroatoms. The number of H-pyrrole nitrogens is 2. The van der Waals surface area contributed by atoms with E-state index >= 15 is 0 Å². The van der Waals surface area contributed by atoms with Crippen molar-refractivity contribution in [1.29, 1.82) is 0 Å². The maximum atomic E-state index is 12.8. The van der Waals surface area contributed by atoms with Crippen molar-refractivity contribution in [2.75, 3.05) is 0 Å². The standard InChI is InChI=1S/C18H25N5O3.C18H24N4O3/c1-3-7-22-16-14(17(25)23(8-4-2)18(22)26)20-15(21-16)13-10-5-6-11(13)19-12(24)9-10;1-3-7-21-16-14(17(24)22(8-4-2)18(21)25)19-15(20-16)13-10-5-6-11(13)12(23)9-10/h10-11,13H,3-9H2,1-2H3,(H,19,24)(H,20,21);10-11,13H,3-9H2,1-2H3,(H,19,20). The molecule has 4 aromatic rings.